The van der Waals surface area contributed by atoms with Crippen LogP contribution in [0.25, 0.3) is 11.4 Å². The Balaban J connectivity index is 1.53. The third kappa shape index (κ3) is 1.49. The first kappa shape index (κ1) is 11.7. The monoisotopic (exact) mass is 281 g/mol. The van der Waals surface area contributed by atoms with Crippen molar-refractivity contribution in [2.75, 3.05) is 5.73 Å². The van der Waals surface area contributed by atoms with Crippen LogP contribution < -0.4 is 5.73 Å². The number of fused-ring (bicyclic) bond motifs is 5. The Morgan fingerprint density at radius 1 is 1.19 bits per heavy atom. The van der Waals surface area contributed by atoms with Crippen LogP contribution in [0.1, 0.15) is 30.9 Å². The van der Waals surface area contributed by atoms with E-state index in [0.29, 0.717) is 6.04 Å². The molecule has 1 aromatic carbocycles. The molecular weight excluding hydrogens is 262 g/mol. The molecule has 5 heteroatoms. The summed E-state index contributed by atoms with van der Waals surface area (Å²) in [6.45, 7) is 2.02. The Kier molecular flexibility index (Phi) is 2.14. The van der Waals surface area contributed by atoms with Gasteiger partial charge in [-0.3, -0.25) is 0 Å². The molecule has 5 rings (SSSR count). The van der Waals surface area contributed by atoms with Crippen LogP contribution in [0.3, 0.4) is 0 Å². The van der Waals surface area contributed by atoms with Gasteiger partial charge in [0, 0.05) is 11.3 Å². The highest BCUT2D eigenvalue weighted by Crippen LogP contribution is 2.71. The number of nitrogens with two attached hydrogens (primary N) is 1. The molecule has 1 heterocycles. The van der Waals surface area contributed by atoms with E-state index in [9.17, 15) is 0 Å². The molecule has 21 heavy (non-hydrogen) atoms. The Labute approximate surface area is 123 Å². The van der Waals surface area contributed by atoms with Crippen molar-refractivity contribution in [2.45, 2.75) is 32.2 Å². The number of nitrogen functional groups attached to an aromatic ring is 1. The van der Waals surface area contributed by atoms with Gasteiger partial charge >= 0.3 is 0 Å². The predicted octanol–water partition coefficient (Wildman–Crippen LogP) is 2.45. The Morgan fingerprint density at radius 3 is 2.67 bits per heavy atom. The van der Waals surface area contributed by atoms with Gasteiger partial charge in [0.1, 0.15) is 0 Å². The number of benzene rings is 1. The van der Waals surface area contributed by atoms with Gasteiger partial charge in [-0.1, -0.05) is 12.1 Å². The molecule has 4 unspecified atom stereocenters. The van der Waals surface area contributed by atoms with E-state index in [1.54, 1.807) is 0 Å². The molecule has 3 aliphatic carbocycles. The molecule has 4 atom stereocenters. The summed E-state index contributed by atoms with van der Waals surface area (Å²) in [5, 5.41) is 12.5. The van der Waals surface area contributed by atoms with E-state index in [1.165, 1.54) is 19.3 Å². The number of anilines is 1. The van der Waals surface area contributed by atoms with E-state index in [4.69, 9.17) is 5.73 Å². The molecule has 1 aromatic heterocycles. The predicted molar refractivity (Wildman–Crippen MR) is 79.3 cm³/mol. The maximum atomic E-state index is 6.04. The van der Waals surface area contributed by atoms with E-state index >= 15 is 0 Å². The third-order valence-corrected chi connectivity index (χ3v) is 6.01. The number of aryl methyl sites for hydroxylation is 1. The second-order valence-corrected chi connectivity index (χ2v) is 7.00. The van der Waals surface area contributed by atoms with Gasteiger partial charge < -0.3 is 5.73 Å². The van der Waals surface area contributed by atoms with Gasteiger partial charge in [-0.2, -0.15) is 0 Å². The van der Waals surface area contributed by atoms with Gasteiger partial charge in [0.05, 0.1) is 6.04 Å². The van der Waals surface area contributed by atoms with Gasteiger partial charge in [0.2, 0.25) is 0 Å². The minimum atomic E-state index is 0.531. The first-order chi connectivity index (χ1) is 10.2. The van der Waals surface area contributed by atoms with Crippen LogP contribution in [0.15, 0.2) is 18.2 Å². The van der Waals surface area contributed by atoms with Gasteiger partial charge in [0.25, 0.3) is 0 Å². The van der Waals surface area contributed by atoms with Crippen molar-refractivity contribution in [3.05, 3.63) is 23.8 Å². The Morgan fingerprint density at radius 2 is 1.95 bits per heavy atom. The van der Waals surface area contributed by atoms with Gasteiger partial charge in [-0.25, -0.2) is 4.68 Å². The SMILES string of the molecule is Cc1ccc(-c2nnnn2C2C3C4CCC(C4)C32)cc1N. The second-order valence-electron chi connectivity index (χ2n) is 7.00. The first-order valence-electron chi connectivity index (χ1n) is 7.88. The summed E-state index contributed by atoms with van der Waals surface area (Å²) in [5.74, 6) is 4.37. The molecule has 0 radical (unpaired) electrons. The number of tetrazole rings is 1. The number of aromatic nitrogens is 4. The van der Waals surface area contributed by atoms with Crippen molar-refractivity contribution in [1.29, 1.82) is 0 Å². The Hall–Kier alpha value is -1.91. The number of nitrogens with zero attached hydrogens (tertiary/aromatic N) is 4. The molecule has 0 spiro atoms. The molecule has 3 saturated carbocycles. The zero-order chi connectivity index (χ0) is 14.1. The molecule has 0 amide bonds. The van der Waals surface area contributed by atoms with E-state index in [1.807, 2.05) is 19.1 Å². The van der Waals surface area contributed by atoms with Crippen molar-refractivity contribution in [3.63, 3.8) is 0 Å². The average Bonchev–Trinajstić information content (AvgIpc) is 2.90. The summed E-state index contributed by atoms with van der Waals surface area (Å²) in [4.78, 5) is 0. The maximum absolute atomic E-state index is 6.04. The van der Waals surface area contributed by atoms with E-state index < -0.39 is 0 Å². The normalized spacial score (nSPS) is 36.0. The maximum Gasteiger partial charge on any atom is 0.182 e. The van der Waals surface area contributed by atoms with Crippen LogP contribution >= 0.6 is 0 Å². The molecule has 3 aliphatic rings. The van der Waals surface area contributed by atoms with Gasteiger partial charge in [-0.05, 0) is 71.9 Å². The topological polar surface area (TPSA) is 69.6 Å². The van der Waals surface area contributed by atoms with Crippen molar-refractivity contribution < 1.29 is 0 Å². The van der Waals surface area contributed by atoms with E-state index in [-0.39, 0.29) is 0 Å². The lowest BCUT2D eigenvalue weighted by Gasteiger charge is -2.11. The van der Waals surface area contributed by atoms with Crippen LogP contribution in [0.2, 0.25) is 0 Å². The van der Waals surface area contributed by atoms with Crippen molar-refractivity contribution in [1.82, 2.24) is 20.2 Å². The highest BCUT2D eigenvalue weighted by atomic mass is 15.6. The molecule has 3 fully saturated rings. The summed E-state index contributed by atoms with van der Waals surface area (Å²) < 4.78 is 2.07. The van der Waals surface area contributed by atoms with E-state index in [2.05, 4.69) is 26.3 Å². The van der Waals surface area contributed by atoms with Crippen LogP contribution in [0.4, 0.5) is 5.69 Å². The highest BCUT2D eigenvalue weighted by Gasteiger charge is 2.66. The fourth-order valence-corrected chi connectivity index (χ4v) is 4.97. The number of hydrogen-bond acceptors (Lipinski definition) is 4. The third-order valence-electron chi connectivity index (χ3n) is 6.01. The summed E-state index contributed by atoms with van der Waals surface area (Å²) in [5.41, 5.74) is 8.97. The second kappa shape index (κ2) is 3.84. The minimum absolute atomic E-state index is 0.531. The lowest BCUT2D eigenvalue weighted by molar-refractivity contribution is 0.427. The highest BCUT2D eigenvalue weighted by molar-refractivity contribution is 5.63. The van der Waals surface area contributed by atoms with Crippen LogP contribution in [-0.2, 0) is 0 Å². The number of hydrogen-bond donors (Lipinski definition) is 1. The minimum Gasteiger partial charge on any atom is -0.398 e. The van der Waals surface area contributed by atoms with Crippen LogP contribution in [-0.4, -0.2) is 20.2 Å². The summed E-state index contributed by atoms with van der Waals surface area (Å²) in [7, 11) is 0. The van der Waals surface area contributed by atoms with E-state index in [0.717, 1.165) is 46.3 Å². The zero-order valence-corrected chi connectivity index (χ0v) is 12.1. The summed E-state index contributed by atoms with van der Waals surface area (Å²) in [6.07, 6.45) is 4.27. The smallest absolute Gasteiger partial charge is 0.182 e. The quantitative estimate of drug-likeness (QED) is 0.858. The standard InChI is InChI=1S/C16H19N5/c1-8-2-3-11(7-12(8)17)16-18-19-20-21(16)15-13-9-4-5-10(6-9)14(13)15/h2-3,7,9-10,13-15H,4-6,17H2,1H3. The molecule has 2 aromatic rings. The van der Waals surface area contributed by atoms with Crippen molar-refractivity contribution in [3.8, 4) is 11.4 Å². The first-order valence-corrected chi connectivity index (χ1v) is 7.88. The fourth-order valence-electron chi connectivity index (χ4n) is 4.97. The lowest BCUT2D eigenvalue weighted by Crippen LogP contribution is -2.08. The van der Waals surface area contributed by atoms with Crippen LogP contribution in [0.5, 0.6) is 0 Å². The zero-order valence-electron chi connectivity index (χ0n) is 12.1. The van der Waals surface area contributed by atoms with Gasteiger partial charge in [0.15, 0.2) is 5.82 Å². The molecule has 2 bridgehead atoms. The molecular formula is C16H19N5. The Bertz CT molecular complexity index is 705. The van der Waals surface area contributed by atoms with Gasteiger partial charge in [-0.15, -0.1) is 5.10 Å². The molecule has 0 saturated heterocycles. The fraction of sp³-hybridized carbons (Fsp3) is 0.562. The largest absolute Gasteiger partial charge is 0.398 e. The average molecular weight is 281 g/mol. The van der Waals surface area contributed by atoms with Crippen molar-refractivity contribution >= 4 is 5.69 Å². The lowest BCUT2D eigenvalue weighted by atomic mass is 10.0. The molecule has 2 N–H and O–H groups in total. The summed E-state index contributed by atoms with van der Waals surface area (Å²) >= 11 is 0. The van der Waals surface area contributed by atoms with Crippen LogP contribution in [0, 0.1) is 30.6 Å². The molecule has 0 aliphatic heterocycles. The molecule has 5 nitrogen and oxygen atoms in total. The summed E-state index contributed by atoms with van der Waals surface area (Å²) in [6, 6.07) is 6.63. The van der Waals surface area contributed by atoms with Crippen molar-refractivity contribution in [2.24, 2.45) is 23.7 Å². The molecule has 108 valence electrons. The number of rotatable bonds is 2.